The predicted molar refractivity (Wildman–Crippen MR) is 87.2 cm³/mol. The second kappa shape index (κ2) is 6.08. The average molecular weight is 389 g/mol. The molecule has 21 heavy (non-hydrogen) atoms. The minimum Gasteiger partial charge on any atom is -0.389 e. The van der Waals surface area contributed by atoms with E-state index in [2.05, 4.69) is 20.7 Å². The number of hydrogen-bond acceptors (Lipinski definition) is 3. The maximum Gasteiger partial charge on any atom is 0.262 e. The third-order valence-electron chi connectivity index (χ3n) is 2.60. The first-order valence-corrected chi connectivity index (χ1v) is 8.36. The van der Waals surface area contributed by atoms with Crippen LogP contribution >= 0.6 is 28.1 Å². The molecule has 8 heteroatoms. The Morgan fingerprint density at radius 1 is 1.24 bits per heavy atom. The van der Waals surface area contributed by atoms with Crippen LogP contribution in [0, 0.1) is 5.82 Å². The Balaban J connectivity index is 2.38. The minimum absolute atomic E-state index is 0.0462. The summed E-state index contributed by atoms with van der Waals surface area (Å²) in [5, 5.41) is 0. The number of nitrogens with one attached hydrogen (secondary N) is 1. The molecule has 0 aliphatic heterocycles. The Morgan fingerprint density at radius 3 is 2.57 bits per heavy atom. The number of halogens is 2. The van der Waals surface area contributed by atoms with Gasteiger partial charge in [0.05, 0.1) is 10.6 Å². The minimum atomic E-state index is -3.93. The van der Waals surface area contributed by atoms with Crippen LogP contribution in [-0.4, -0.2) is 13.4 Å². The highest BCUT2D eigenvalue weighted by atomic mass is 79.9. The molecule has 0 amide bonds. The van der Waals surface area contributed by atoms with Crippen molar-refractivity contribution in [1.29, 1.82) is 0 Å². The van der Waals surface area contributed by atoms with Crippen molar-refractivity contribution >= 4 is 48.8 Å². The molecular weight excluding hydrogens is 379 g/mol. The van der Waals surface area contributed by atoms with Crippen LogP contribution in [0.1, 0.15) is 5.56 Å². The second-order valence-corrected chi connectivity index (χ2v) is 7.16. The average Bonchev–Trinajstić information content (AvgIpc) is 2.42. The summed E-state index contributed by atoms with van der Waals surface area (Å²) >= 11 is 7.91. The lowest BCUT2D eigenvalue weighted by Crippen LogP contribution is -2.16. The normalized spacial score (nSPS) is 11.1. The summed E-state index contributed by atoms with van der Waals surface area (Å²) in [5.41, 5.74) is 5.75. The highest BCUT2D eigenvalue weighted by Crippen LogP contribution is 2.22. The van der Waals surface area contributed by atoms with Gasteiger partial charge in [0.2, 0.25) is 0 Å². The maximum atomic E-state index is 13.7. The molecule has 0 saturated carbocycles. The topological polar surface area (TPSA) is 72.2 Å². The maximum absolute atomic E-state index is 13.7. The predicted octanol–water partition coefficient (Wildman–Crippen LogP) is 3.02. The summed E-state index contributed by atoms with van der Waals surface area (Å²) in [7, 11) is -3.93. The Labute approximate surface area is 135 Å². The first-order valence-electron chi connectivity index (χ1n) is 5.67. The number of thiocarbonyl (C=S) groups is 1. The van der Waals surface area contributed by atoms with Gasteiger partial charge in [0.15, 0.2) is 0 Å². The molecule has 0 unspecified atom stereocenters. The van der Waals surface area contributed by atoms with Crippen molar-refractivity contribution in [3.63, 3.8) is 0 Å². The Morgan fingerprint density at radius 2 is 1.95 bits per heavy atom. The van der Waals surface area contributed by atoms with Crippen molar-refractivity contribution < 1.29 is 12.8 Å². The Hall–Kier alpha value is -1.51. The molecule has 0 saturated heterocycles. The van der Waals surface area contributed by atoms with Gasteiger partial charge in [-0.2, -0.15) is 0 Å². The fourth-order valence-electron chi connectivity index (χ4n) is 1.59. The first-order chi connectivity index (χ1) is 9.79. The Kier molecular flexibility index (Phi) is 4.60. The van der Waals surface area contributed by atoms with Crippen molar-refractivity contribution in [2.75, 3.05) is 4.72 Å². The second-order valence-electron chi connectivity index (χ2n) is 4.12. The summed E-state index contributed by atoms with van der Waals surface area (Å²) < 4.78 is 40.9. The highest BCUT2D eigenvalue weighted by molar-refractivity contribution is 9.10. The highest BCUT2D eigenvalue weighted by Gasteiger charge is 2.17. The molecule has 0 aliphatic rings. The number of anilines is 1. The lowest BCUT2D eigenvalue weighted by molar-refractivity contribution is 0.598. The van der Waals surface area contributed by atoms with Gasteiger partial charge >= 0.3 is 0 Å². The van der Waals surface area contributed by atoms with E-state index in [-0.39, 0.29) is 15.6 Å². The van der Waals surface area contributed by atoms with E-state index in [0.717, 1.165) is 0 Å². The molecule has 110 valence electrons. The van der Waals surface area contributed by atoms with Crippen LogP contribution < -0.4 is 10.5 Å². The molecule has 0 aliphatic carbocycles. The standard InChI is InChI=1S/C13H10BrFN2O2S2/c14-9-4-5-12(11(15)7-9)17-21(18,19)10-3-1-2-8(6-10)13(16)20/h1-7,17H,(H2,16,20). The summed E-state index contributed by atoms with van der Waals surface area (Å²) in [6.07, 6.45) is 0. The van der Waals surface area contributed by atoms with Gasteiger partial charge < -0.3 is 5.73 Å². The van der Waals surface area contributed by atoms with E-state index in [0.29, 0.717) is 10.0 Å². The number of nitrogens with two attached hydrogens (primary N) is 1. The van der Waals surface area contributed by atoms with Crippen molar-refractivity contribution in [3.8, 4) is 0 Å². The van der Waals surface area contributed by atoms with Gasteiger partial charge in [-0.05, 0) is 30.3 Å². The zero-order valence-corrected chi connectivity index (χ0v) is 13.7. The van der Waals surface area contributed by atoms with Gasteiger partial charge in [-0.25, -0.2) is 12.8 Å². The fourth-order valence-corrected chi connectivity index (χ4v) is 3.17. The quantitative estimate of drug-likeness (QED) is 0.789. The molecule has 0 spiro atoms. The van der Waals surface area contributed by atoms with Crippen LogP contribution in [0.25, 0.3) is 0 Å². The van der Waals surface area contributed by atoms with E-state index in [1.54, 1.807) is 6.07 Å². The van der Waals surface area contributed by atoms with Gasteiger partial charge in [0.1, 0.15) is 10.8 Å². The van der Waals surface area contributed by atoms with E-state index in [4.69, 9.17) is 18.0 Å². The third kappa shape index (κ3) is 3.78. The third-order valence-corrected chi connectivity index (χ3v) is 4.70. The Bertz CT molecular complexity index is 810. The molecule has 0 fully saturated rings. The summed E-state index contributed by atoms with van der Waals surface area (Å²) in [6.45, 7) is 0. The molecule has 2 rings (SSSR count). The molecule has 4 nitrogen and oxygen atoms in total. The molecule has 3 N–H and O–H groups in total. The molecule has 0 heterocycles. The monoisotopic (exact) mass is 388 g/mol. The van der Waals surface area contributed by atoms with E-state index in [9.17, 15) is 12.8 Å². The lowest BCUT2D eigenvalue weighted by Gasteiger charge is -2.10. The molecule has 2 aromatic carbocycles. The summed E-state index contributed by atoms with van der Waals surface area (Å²) in [5.74, 6) is -0.682. The molecule has 0 bridgehead atoms. The van der Waals surface area contributed by atoms with Crippen LogP contribution in [0.4, 0.5) is 10.1 Å². The molecule has 0 atom stereocenters. The van der Waals surface area contributed by atoms with Crippen LogP contribution in [-0.2, 0) is 10.0 Å². The first kappa shape index (κ1) is 15.9. The summed E-state index contributed by atoms with van der Waals surface area (Å²) in [4.78, 5) is 0.0389. The van der Waals surface area contributed by atoms with Crippen molar-refractivity contribution in [2.45, 2.75) is 4.90 Å². The molecule has 0 aromatic heterocycles. The van der Waals surface area contributed by atoms with Gasteiger partial charge in [-0.1, -0.05) is 40.3 Å². The van der Waals surface area contributed by atoms with Crippen LogP contribution in [0.15, 0.2) is 51.8 Å². The van der Waals surface area contributed by atoms with E-state index in [1.807, 2.05) is 0 Å². The SMILES string of the molecule is NC(=S)c1cccc(S(=O)(=O)Nc2ccc(Br)cc2F)c1. The van der Waals surface area contributed by atoms with Crippen LogP contribution in [0.2, 0.25) is 0 Å². The van der Waals surface area contributed by atoms with Gasteiger partial charge in [-0.3, -0.25) is 4.72 Å². The molecule has 0 radical (unpaired) electrons. The molecular formula is C13H10BrFN2O2S2. The smallest absolute Gasteiger partial charge is 0.262 e. The summed E-state index contributed by atoms with van der Waals surface area (Å²) in [6, 6.07) is 9.86. The zero-order valence-electron chi connectivity index (χ0n) is 10.5. The van der Waals surface area contributed by atoms with E-state index in [1.165, 1.54) is 36.4 Å². The van der Waals surface area contributed by atoms with E-state index >= 15 is 0 Å². The number of hydrogen-bond donors (Lipinski definition) is 2. The van der Waals surface area contributed by atoms with Gasteiger partial charge in [0, 0.05) is 10.0 Å². The largest absolute Gasteiger partial charge is 0.389 e. The zero-order chi connectivity index (χ0) is 15.6. The fraction of sp³-hybridized carbons (Fsp3) is 0. The van der Waals surface area contributed by atoms with Crippen molar-refractivity contribution in [1.82, 2.24) is 0 Å². The number of sulfonamides is 1. The lowest BCUT2D eigenvalue weighted by atomic mass is 10.2. The van der Waals surface area contributed by atoms with Gasteiger partial charge in [0.25, 0.3) is 10.0 Å². The van der Waals surface area contributed by atoms with E-state index < -0.39 is 15.8 Å². The van der Waals surface area contributed by atoms with Crippen molar-refractivity contribution in [3.05, 3.63) is 58.3 Å². The van der Waals surface area contributed by atoms with Crippen LogP contribution in [0.5, 0.6) is 0 Å². The molecule has 2 aromatic rings. The number of benzene rings is 2. The number of rotatable bonds is 4. The van der Waals surface area contributed by atoms with Gasteiger partial charge in [-0.15, -0.1) is 0 Å². The van der Waals surface area contributed by atoms with Crippen molar-refractivity contribution in [2.24, 2.45) is 5.73 Å². The van der Waals surface area contributed by atoms with Crippen LogP contribution in [0.3, 0.4) is 0 Å².